The molecule has 2 aliphatic heterocycles. The Bertz CT molecular complexity index is 587. The van der Waals surface area contributed by atoms with Gasteiger partial charge in [-0.05, 0) is 25.0 Å². The molecule has 1 amide bonds. The first-order valence-electron chi connectivity index (χ1n) is 7.85. The van der Waals surface area contributed by atoms with Gasteiger partial charge in [-0.2, -0.15) is 0 Å². The summed E-state index contributed by atoms with van der Waals surface area (Å²) in [6.07, 6.45) is 5.69. The molecule has 0 aromatic carbocycles. The van der Waals surface area contributed by atoms with Gasteiger partial charge in [-0.3, -0.25) is 4.79 Å². The zero-order chi connectivity index (χ0) is 15.2. The van der Waals surface area contributed by atoms with Gasteiger partial charge in [0.05, 0.1) is 4.75 Å². The number of hydrogen-bond acceptors (Lipinski definition) is 4. The van der Waals surface area contributed by atoms with E-state index >= 15 is 0 Å². The average Bonchev–Trinajstić information content (AvgIpc) is 2.82. The van der Waals surface area contributed by atoms with Crippen molar-refractivity contribution in [2.24, 2.45) is 5.92 Å². The number of rotatable bonds is 3. The number of thioether (sulfide) groups is 1. The highest BCUT2D eigenvalue weighted by Crippen LogP contribution is 2.47. The third-order valence-electron chi connectivity index (χ3n) is 4.90. The summed E-state index contributed by atoms with van der Waals surface area (Å²) in [5, 5.41) is 0. The zero-order valence-electron chi connectivity index (χ0n) is 12.3. The molecule has 3 aliphatic rings. The molecule has 4 nitrogen and oxygen atoms in total. The number of aromatic nitrogens is 1. The highest BCUT2D eigenvalue weighted by atomic mass is 32.2. The van der Waals surface area contributed by atoms with Crippen molar-refractivity contribution in [1.29, 1.82) is 0 Å². The van der Waals surface area contributed by atoms with Crippen molar-refractivity contribution in [3.8, 4) is 5.88 Å². The van der Waals surface area contributed by atoms with Gasteiger partial charge < -0.3 is 9.64 Å². The lowest BCUT2D eigenvalue weighted by molar-refractivity contribution is -0.143. The summed E-state index contributed by atoms with van der Waals surface area (Å²) in [5.74, 6) is 1.12. The molecule has 3 heterocycles. The standard InChI is InChI=1S/C16H19FN2O2S/c17-13-5-2-6-18-14(13)21-12-7-16(22-8-12)9-19(10-16)15(20)11-3-1-4-11/h2,5-6,11-12H,1,3-4,7-10H2/t12-/m1/s1. The van der Waals surface area contributed by atoms with E-state index in [0.29, 0.717) is 5.91 Å². The summed E-state index contributed by atoms with van der Waals surface area (Å²) < 4.78 is 19.4. The lowest BCUT2D eigenvalue weighted by Gasteiger charge is -2.49. The van der Waals surface area contributed by atoms with E-state index < -0.39 is 5.82 Å². The Kier molecular flexibility index (Phi) is 3.51. The molecule has 1 saturated carbocycles. The molecule has 4 rings (SSSR count). The molecule has 1 aromatic heterocycles. The Balaban J connectivity index is 1.32. The van der Waals surface area contributed by atoms with E-state index in [9.17, 15) is 9.18 Å². The van der Waals surface area contributed by atoms with Crippen molar-refractivity contribution in [3.63, 3.8) is 0 Å². The summed E-state index contributed by atoms with van der Waals surface area (Å²) in [6.45, 7) is 1.63. The zero-order valence-corrected chi connectivity index (χ0v) is 13.2. The van der Waals surface area contributed by atoms with Gasteiger partial charge in [0.1, 0.15) is 6.10 Å². The number of hydrogen-bond donors (Lipinski definition) is 0. The quantitative estimate of drug-likeness (QED) is 0.857. The first-order chi connectivity index (χ1) is 10.7. The van der Waals surface area contributed by atoms with E-state index in [4.69, 9.17) is 4.74 Å². The van der Waals surface area contributed by atoms with Crippen LogP contribution in [0.15, 0.2) is 18.3 Å². The van der Waals surface area contributed by atoms with Crippen LogP contribution in [0.4, 0.5) is 4.39 Å². The van der Waals surface area contributed by atoms with Crippen molar-refractivity contribution < 1.29 is 13.9 Å². The predicted octanol–water partition coefficient (Wildman–Crippen LogP) is 2.49. The minimum atomic E-state index is -0.413. The summed E-state index contributed by atoms with van der Waals surface area (Å²) in [5.41, 5.74) is 0. The van der Waals surface area contributed by atoms with Gasteiger partial charge in [0, 0.05) is 37.4 Å². The second kappa shape index (κ2) is 5.41. The average molecular weight is 322 g/mol. The number of likely N-dealkylation sites (tertiary alicyclic amines) is 1. The molecule has 22 heavy (non-hydrogen) atoms. The first-order valence-corrected chi connectivity index (χ1v) is 8.84. The van der Waals surface area contributed by atoms with Gasteiger partial charge in [-0.25, -0.2) is 9.37 Å². The molecular weight excluding hydrogens is 303 g/mol. The van der Waals surface area contributed by atoms with Crippen LogP contribution in [0.25, 0.3) is 0 Å². The van der Waals surface area contributed by atoms with Crippen molar-refractivity contribution in [2.75, 3.05) is 18.8 Å². The Morgan fingerprint density at radius 2 is 2.27 bits per heavy atom. The van der Waals surface area contributed by atoms with Crippen LogP contribution in [0.5, 0.6) is 5.88 Å². The number of nitrogens with zero attached hydrogens (tertiary/aromatic N) is 2. The maximum absolute atomic E-state index is 13.6. The van der Waals surface area contributed by atoms with Crippen molar-refractivity contribution in [1.82, 2.24) is 9.88 Å². The maximum atomic E-state index is 13.6. The van der Waals surface area contributed by atoms with E-state index in [1.807, 2.05) is 16.7 Å². The molecule has 1 spiro atoms. The Morgan fingerprint density at radius 1 is 1.45 bits per heavy atom. The third-order valence-corrected chi connectivity index (χ3v) is 6.48. The van der Waals surface area contributed by atoms with Crippen LogP contribution in [0.2, 0.25) is 0 Å². The fraction of sp³-hybridized carbons (Fsp3) is 0.625. The molecule has 6 heteroatoms. The molecule has 0 N–H and O–H groups in total. The highest BCUT2D eigenvalue weighted by Gasteiger charge is 2.52. The van der Waals surface area contributed by atoms with Crippen LogP contribution in [0.1, 0.15) is 25.7 Å². The van der Waals surface area contributed by atoms with E-state index in [-0.39, 0.29) is 22.6 Å². The number of halogens is 1. The van der Waals surface area contributed by atoms with Gasteiger partial charge in [0.2, 0.25) is 5.91 Å². The minimum Gasteiger partial charge on any atom is -0.471 e. The Morgan fingerprint density at radius 3 is 2.95 bits per heavy atom. The Hall–Kier alpha value is -1.30. The maximum Gasteiger partial charge on any atom is 0.250 e. The van der Waals surface area contributed by atoms with Crippen LogP contribution >= 0.6 is 11.8 Å². The van der Waals surface area contributed by atoms with Crippen LogP contribution in [-0.2, 0) is 4.79 Å². The van der Waals surface area contributed by atoms with Crippen LogP contribution in [0.3, 0.4) is 0 Å². The molecular formula is C16H19FN2O2S. The summed E-state index contributed by atoms with van der Waals surface area (Å²) in [6, 6.07) is 2.92. The lowest BCUT2D eigenvalue weighted by atomic mass is 9.82. The van der Waals surface area contributed by atoms with Crippen molar-refractivity contribution in [2.45, 2.75) is 36.5 Å². The monoisotopic (exact) mass is 322 g/mol. The molecule has 118 valence electrons. The fourth-order valence-electron chi connectivity index (χ4n) is 3.43. The van der Waals surface area contributed by atoms with Gasteiger partial charge in [0.25, 0.3) is 5.88 Å². The van der Waals surface area contributed by atoms with E-state index in [1.165, 1.54) is 12.5 Å². The SMILES string of the molecule is O=C(C1CCC1)N1CC2(C[C@@H](Oc3ncccc3F)CS2)C1. The predicted molar refractivity (Wildman–Crippen MR) is 82.3 cm³/mol. The molecule has 0 radical (unpaired) electrons. The molecule has 1 atom stereocenters. The number of amides is 1. The van der Waals surface area contributed by atoms with Gasteiger partial charge in [-0.15, -0.1) is 11.8 Å². The van der Waals surface area contributed by atoms with Crippen LogP contribution in [0, 0.1) is 11.7 Å². The molecule has 0 bridgehead atoms. The minimum absolute atomic E-state index is 0.0182. The van der Waals surface area contributed by atoms with E-state index in [2.05, 4.69) is 4.98 Å². The highest BCUT2D eigenvalue weighted by molar-refractivity contribution is 8.01. The lowest BCUT2D eigenvalue weighted by Crippen LogP contribution is -2.62. The molecule has 1 aromatic rings. The summed E-state index contributed by atoms with van der Waals surface area (Å²) >= 11 is 1.85. The number of carbonyl (C=O) groups excluding carboxylic acids is 1. The largest absolute Gasteiger partial charge is 0.471 e. The van der Waals surface area contributed by atoms with Crippen molar-refractivity contribution >= 4 is 17.7 Å². The van der Waals surface area contributed by atoms with E-state index in [0.717, 1.165) is 38.1 Å². The normalized spacial score (nSPS) is 26.6. The van der Waals surface area contributed by atoms with Crippen LogP contribution < -0.4 is 4.74 Å². The smallest absolute Gasteiger partial charge is 0.250 e. The number of ether oxygens (including phenoxy) is 1. The van der Waals surface area contributed by atoms with Gasteiger partial charge >= 0.3 is 0 Å². The topological polar surface area (TPSA) is 42.4 Å². The summed E-state index contributed by atoms with van der Waals surface area (Å²) in [4.78, 5) is 18.1. The second-order valence-electron chi connectivity index (χ2n) is 6.55. The number of carbonyl (C=O) groups is 1. The molecule has 1 aliphatic carbocycles. The fourth-order valence-corrected chi connectivity index (χ4v) is 4.96. The third kappa shape index (κ3) is 2.47. The molecule has 3 fully saturated rings. The summed E-state index contributed by atoms with van der Waals surface area (Å²) in [7, 11) is 0. The number of pyridine rings is 1. The molecule has 0 unspecified atom stereocenters. The molecule has 2 saturated heterocycles. The Labute approximate surface area is 133 Å². The first kappa shape index (κ1) is 14.3. The van der Waals surface area contributed by atoms with Crippen molar-refractivity contribution in [3.05, 3.63) is 24.1 Å². The van der Waals surface area contributed by atoms with E-state index in [1.54, 1.807) is 12.3 Å². The second-order valence-corrected chi connectivity index (χ2v) is 8.04. The van der Waals surface area contributed by atoms with Gasteiger partial charge in [0.15, 0.2) is 5.82 Å². The van der Waals surface area contributed by atoms with Crippen LogP contribution in [-0.4, -0.2) is 45.5 Å². The van der Waals surface area contributed by atoms with Gasteiger partial charge in [-0.1, -0.05) is 6.42 Å².